The highest BCUT2D eigenvalue weighted by Gasteiger charge is 2.21. The van der Waals surface area contributed by atoms with Crippen molar-refractivity contribution in [2.75, 3.05) is 20.7 Å². The highest BCUT2D eigenvalue weighted by Crippen LogP contribution is 2.17. The van der Waals surface area contributed by atoms with Crippen molar-refractivity contribution in [3.63, 3.8) is 0 Å². The van der Waals surface area contributed by atoms with Crippen LogP contribution in [0.25, 0.3) is 0 Å². The number of rotatable bonds is 5. The van der Waals surface area contributed by atoms with Gasteiger partial charge in [-0.1, -0.05) is 6.92 Å². The van der Waals surface area contributed by atoms with Gasteiger partial charge in [-0.05, 0) is 43.9 Å². The number of likely N-dealkylation sites (N-methyl/N-ethyl adjacent to an activating group) is 1. The average Bonchev–Trinajstić information content (AvgIpc) is 2.25. The lowest BCUT2D eigenvalue weighted by molar-refractivity contribution is 0.111. The summed E-state index contributed by atoms with van der Waals surface area (Å²) in [4.78, 5) is 10.7. The molecular weight excluding hydrogens is 282 g/mol. The fourth-order valence-electron chi connectivity index (χ4n) is 1.05. The van der Waals surface area contributed by atoms with Crippen LogP contribution in [0, 0.1) is 0 Å². The Kier molecular flexibility index (Phi) is 4.89. The molecule has 0 saturated carbocycles. The largest absolute Gasteiger partial charge is 0.476 e. The molecule has 0 amide bonds. The van der Waals surface area contributed by atoms with Gasteiger partial charge < -0.3 is 9.64 Å². The van der Waals surface area contributed by atoms with E-state index in [1.165, 1.54) is 0 Å². The second-order valence-electron chi connectivity index (χ2n) is 4.79. The van der Waals surface area contributed by atoms with Crippen molar-refractivity contribution < 1.29 is 4.74 Å². The molecule has 0 aliphatic rings. The van der Waals surface area contributed by atoms with Gasteiger partial charge in [0.15, 0.2) is 0 Å². The number of aromatic nitrogens is 2. The van der Waals surface area contributed by atoms with Gasteiger partial charge in [0.2, 0.25) is 5.88 Å². The maximum Gasteiger partial charge on any atom is 0.217 e. The molecule has 0 atom stereocenters. The van der Waals surface area contributed by atoms with Gasteiger partial charge in [-0.15, -0.1) is 0 Å². The number of aryl methyl sites for hydroxylation is 1. The number of nitrogens with zero attached hydrogens (tertiary/aromatic N) is 3. The van der Waals surface area contributed by atoms with Crippen LogP contribution in [0.5, 0.6) is 5.88 Å². The Balaban J connectivity index is 2.72. The normalized spacial score (nSPS) is 11.9. The lowest BCUT2D eigenvalue weighted by atomic mass is 10.1. The zero-order valence-electron chi connectivity index (χ0n) is 11.1. The molecule has 1 rings (SSSR count). The van der Waals surface area contributed by atoms with Crippen LogP contribution in [0.4, 0.5) is 0 Å². The molecule has 5 heteroatoms. The summed E-state index contributed by atoms with van der Waals surface area (Å²) in [6, 6.07) is 1.80. The first kappa shape index (κ1) is 14.4. The molecule has 0 fully saturated rings. The topological polar surface area (TPSA) is 38.2 Å². The minimum atomic E-state index is -0.0240. The fraction of sp³-hybridized carbons (Fsp3) is 0.667. The summed E-state index contributed by atoms with van der Waals surface area (Å²) in [5.41, 5.74) is -0.0240. The molecule has 1 aromatic heterocycles. The Morgan fingerprint density at radius 3 is 2.53 bits per heavy atom. The molecule has 0 unspecified atom stereocenters. The Morgan fingerprint density at radius 2 is 2.00 bits per heavy atom. The monoisotopic (exact) mass is 301 g/mol. The Bertz CT molecular complexity index is 380. The lowest BCUT2D eigenvalue weighted by Crippen LogP contribution is -2.43. The highest BCUT2D eigenvalue weighted by molar-refractivity contribution is 9.10. The van der Waals surface area contributed by atoms with Crippen molar-refractivity contribution in [2.45, 2.75) is 32.7 Å². The van der Waals surface area contributed by atoms with E-state index in [1.807, 2.05) is 21.0 Å². The molecule has 17 heavy (non-hydrogen) atoms. The van der Waals surface area contributed by atoms with Gasteiger partial charge in [0.1, 0.15) is 17.0 Å². The fourth-order valence-corrected chi connectivity index (χ4v) is 1.45. The van der Waals surface area contributed by atoms with Crippen LogP contribution < -0.4 is 4.74 Å². The minimum absolute atomic E-state index is 0.0240. The van der Waals surface area contributed by atoms with E-state index in [0.717, 1.165) is 16.8 Å². The van der Waals surface area contributed by atoms with E-state index >= 15 is 0 Å². The zero-order valence-corrected chi connectivity index (χ0v) is 12.7. The Labute approximate surface area is 112 Å². The van der Waals surface area contributed by atoms with Crippen LogP contribution in [0.15, 0.2) is 10.7 Å². The van der Waals surface area contributed by atoms with Gasteiger partial charge >= 0.3 is 0 Å². The molecule has 0 bridgehead atoms. The van der Waals surface area contributed by atoms with E-state index < -0.39 is 0 Å². The van der Waals surface area contributed by atoms with E-state index in [9.17, 15) is 0 Å². The van der Waals surface area contributed by atoms with Gasteiger partial charge in [-0.25, -0.2) is 4.98 Å². The molecule has 1 aromatic rings. The van der Waals surface area contributed by atoms with Gasteiger partial charge in [0.05, 0.1) is 0 Å². The Hall–Kier alpha value is -0.680. The number of halogens is 1. The number of ether oxygens (including phenoxy) is 1. The van der Waals surface area contributed by atoms with E-state index in [-0.39, 0.29) is 5.54 Å². The van der Waals surface area contributed by atoms with Gasteiger partial charge in [0, 0.05) is 18.0 Å². The maximum atomic E-state index is 5.73. The summed E-state index contributed by atoms with van der Waals surface area (Å²) in [5, 5.41) is 0. The quantitative estimate of drug-likeness (QED) is 0.783. The second kappa shape index (κ2) is 5.78. The average molecular weight is 302 g/mol. The summed E-state index contributed by atoms with van der Waals surface area (Å²) in [5.74, 6) is 1.41. The van der Waals surface area contributed by atoms with Crippen molar-refractivity contribution >= 4 is 15.9 Å². The molecule has 0 spiro atoms. The van der Waals surface area contributed by atoms with Crippen molar-refractivity contribution in [2.24, 2.45) is 0 Å². The molecule has 0 aliphatic carbocycles. The van der Waals surface area contributed by atoms with Crippen molar-refractivity contribution in [1.29, 1.82) is 0 Å². The third-order valence-corrected chi connectivity index (χ3v) is 3.22. The van der Waals surface area contributed by atoms with Gasteiger partial charge in [-0.2, -0.15) is 4.98 Å². The number of hydrogen-bond acceptors (Lipinski definition) is 4. The van der Waals surface area contributed by atoms with Gasteiger partial charge in [-0.3, -0.25) is 0 Å². The lowest BCUT2D eigenvalue weighted by Gasteiger charge is -2.31. The molecule has 0 N–H and O–H groups in total. The minimum Gasteiger partial charge on any atom is -0.476 e. The van der Waals surface area contributed by atoms with Crippen LogP contribution in [-0.2, 0) is 6.42 Å². The molecular formula is C12H20BrN3O. The summed E-state index contributed by atoms with van der Waals surface area (Å²) in [6.45, 7) is 6.87. The first-order valence-corrected chi connectivity index (χ1v) is 6.48. The third-order valence-electron chi connectivity index (χ3n) is 2.82. The standard InChI is InChI=1S/C12H20BrN3O/c1-6-10-14-9(13)7-11(15-10)17-8-12(2,3)16(4)5/h7H,6,8H2,1-5H3. The summed E-state index contributed by atoms with van der Waals surface area (Å²) in [6.07, 6.45) is 0.798. The summed E-state index contributed by atoms with van der Waals surface area (Å²) >= 11 is 3.36. The third kappa shape index (κ3) is 4.24. The molecule has 96 valence electrons. The molecule has 0 saturated heterocycles. The van der Waals surface area contributed by atoms with Crippen LogP contribution >= 0.6 is 15.9 Å². The highest BCUT2D eigenvalue weighted by atomic mass is 79.9. The Morgan fingerprint density at radius 1 is 1.35 bits per heavy atom. The van der Waals surface area contributed by atoms with Crippen molar-refractivity contribution in [3.8, 4) is 5.88 Å². The number of hydrogen-bond donors (Lipinski definition) is 0. The molecule has 4 nitrogen and oxygen atoms in total. The smallest absolute Gasteiger partial charge is 0.217 e. The first-order valence-electron chi connectivity index (χ1n) is 5.69. The molecule has 0 aromatic carbocycles. The second-order valence-corrected chi connectivity index (χ2v) is 5.61. The van der Waals surface area contributed by atoms with Crippen molar-refractivity contribution in [3.05, 3.63) is 16.5 Å². The summed E-state index contributed by atoms with van der Waals surface area (Å²) < 4.78 is 6.50. The maximum absolute atomic E-state index is 5.73. The molecule has 0 radical (unpaired) electrons. The van der Waals surface area contributed by atoms with E-state index in [4.69, 9.17) is 4.74 Å². The predicted octanol–water partition coefficient (Wildman–Crippen LogP) is 2.52. The van der Waals surface area contributed by atoms with Crippen molar-refractivity contribution in [1.82, 2.24) is 14.9 Å². The SMILES string of the molecule is CCc1nc(Br)cc(OCC(C)(C)N(C)C)n1. The van der Waals surface area contributed by atoms with E-state index in [1.54, 1.807) is 6.07 Å². The molecule has 0 aliphatic heterocycles. The first-order chi connectivity index (χ1) is 7.85. The van der Waals surface area contributed by atoms with Crippen LogP contribution in [0.1, 0.15) is 26.6 Å². The predicted molar refractivity (Wildman–Crippen MR) is 72.4 cm³/mol. The van der Waals surface area contributed by atoms with E-state index in [0.29, 0.717) is 12.5 Å². The van der Waals surface area contributed by atoms with Crippen LogP contribution in [0.3, 0.4) is 0 Å². The summed E-state index contributed by atoms with van der Waals surface area (Å²) in [7, 11) is 4.08. The van der Waals surface area contributed by atoms with E-state index in [2.05, 4.69) is 44.6 Å². The van der Waals surface area contributed by atoms with Crippen LogP contribution in [0.2, 0.25) is 0 Å². The van der Waals surface area contributed by atoms with Gasteiger partial charge in [0.25, 0.3) is 0 Å². The molecule has 1 heterocycles. The zero-order chi connectivity index (χ0) is 13.1. The van der Waals surface area contributed by atoms with Crippen LogP contribution in [-0.4, -0.2) is 41.1 Å².